The topological polar surface area (TPSA) is 90.4 Å². The quantitative estimate of drug-likeness (QED) is 0.582. The summed E-state index contributed by atoms with van der Waals surface area (Å²) in [4.78, 5) is 14.7. The van der Waals surface area contributed by atoms with Crippen LogP contribution in [0.2, 0.25) is 0 Å². The van der Waals surface area contributed by atoms with Gasteiger partial charge < -0.3 is 15.7 Å². The molecule has 2 aliphatic rings. The van der Waals surface area contributed by atoms with Gasteiger partial charge in [-0.15, -0.1) is 5.10 Å². The van der Waals surface area contributed by atoms with Crippen LogP contribution in [0.15, 0.2) is 24.4 Å². The lowest BCUT2D eigenvalue weighted by atomic mass is 9.80. The molecule has 1 saturated heterocycles. The fraction of sp³-hybridized carbons (Fsp3) is 0.609. The maximum Gasteiger partial charge on any atom is 0.416 e. The van der Waals surface area contributed by atoms with E-state index in [1.54, 1.807) is 0 Å². The molecule has 1 saturated carbocycles. The van der Waals surface area contributed by atoms with E-state index in [1.807, 2.05) is 6.92 Å². The minimum atomic E-state index is -4.46. The summed E-state index contributed by atoms with van der Waals surface area (Å²) in [5, 5.41) is 24.3. The predicted octanol–water partition coefficient (Wildman–Crippen LogP) is 3.19. The van der Waals surface area contributed by atoms with Gasteiger partial charge >= 0.3 is 6.18 Å². The molecule has 1 aliphatic heterocycles. The molecule has 33 heavy (non-hydrogen) atoms. The van der Waals surface area contributed by atoms with Crippen LogP contribution in [0.3, 0.4) is 0 Å². The first kappa shape index (κ1) is 23.7. The van der Waals surface area contributed by atoms with Gasteiger partial charge in [0.15, 0.2) is 5.82 Å². The van der Waals surface area contributed by atoms with Crippen molar-refractivity contribution < 1.29 is 23.1 Å². The van der Waals surface area contributed by atoms with Crippen molar-refractivity contribution in [2.24, 2.45) is 5.92 Å². The normalized spacial score (nSPS) is 23.2. The number of nitrogens with one attached hydrogen (secondary N) is 2. The molecule has 0 radical (unpaired) electrons. The summed E-state index contributed by atoms with van der Waals surface area (Å²) >= 11 is 0. The Labute approximate surface area is 190 Å². The first-order chi connectivity index (χ1) is 15.7. The summed E-state index contributed by atoms with van der Waals surface area (Å²) in [7, 11) is 0. The number of alkyl halides is 3. The molecule has 3 N–H and O–H groups in total. The van der Waals surface area contributed by atoms with Crippen molar-refractivity contribution in [2.45, 2.75) is 63.4 Å². The van der Waals surface area contributed by atoms with E-state index >= 15 is 0 Å². The lowest BCUT2D eigenvalue weighted by molar-refractivity contribution is -0.137. The van der Waals surface area contributed by atoms with Gasteiger partial charge in [-0.25, -0.2) is 0 Å². The predicted molar refractivity (Wildman–Crippen MR) is 119 cm³/mol. The van der Waals surface area contributed by atoms with Crippen LogP contribution in [0.5, 0.6) is 0 Å². The second kappa shape index (κ2) is 9.80. The molecule has 1 aromatic carbocycles. The van der Waals surface area contributed by atoms with E-state index in [2.05, 4.69) is 25.7 Å². The van der Waals surface area contributed by atoms with E-state index in [4.69, 9.17) is 0 Å². The van der Waals surface area contributed by atoms with Gasteiger partial charge in [0.1, 0.15) is 0 Å². The summed E-state index contributed by atoms with van der Waals surface area (Å²) in [6, 6.07) is 3.93. The number of rotatable bonds is 7. The van der Waals surface area contributed by atoms with E-state index < -0.39 is 11.7 Å². The third-order valence-corrected chi connectivity index (χ3v) is 6.90. The van der Waals surface area contributed by atoms with Crippen LogP contribution in [-0.2, 0) is 11.0 Å². The van der Waals surface area contributed by atoms with Crippen LogP contribution >= 0.6 is 0 Å². The van der Waals surface area contributed by atoms with Crippen molar-refractivity contribution in [2.75, 3.05) is 25.0 Å². The van der Waals surface area contributed by atoms with Gasteiger partial charge in [-0.3, -0.25) is 9.69 Å². The Morgan fingerprint density at radius 2 is 1.97 bits per heavy atom. The van der Waals surface area contributed by atoms with Crippen molar-refractivity contribution in [3.8, 4) is 0 Å². The minimum Gasteiger partial charge on any atom is -0.393 e. The Balaban J connectivity index is 1.24. The van der Waals surface area contributed by atoms with Crippen LogP contribution in [0.4, 0.5) is 19.0 Å². The van der Waals surface area contributed by atoms with E-state index in [0.717, 1.165) is 57.3 Å². The van der Waals surface area contributed by atoms with Crippen molar-refractivity contribution in [3.05, 3.63) is 30.0 Å². The van der Waals surface area contributed by atoms with Gasteiger partial charge in [0, 0.05) is 29.9 Å². The number of carbonyl (C=O) groups excluding carboxylic acids is 1. The summed E-state index contributed by atoms with van der Waals surface area (Å²) < 4.78 is 39.2. The van der Waals surface area contributed by atoms with Gasteiger partial charge in [0.25, 0.3) is 0 Å². The number of benzene rings is 1. The Bertz CT molecular complexity index is 972. The van der Waals surface area contributed by atoms with Crippen molar-refractivity contribution in [1.82, 2.24) is 20.4 Å². The van der Waals surface area contributed by atoms with Crippen LogP contribution in [0.25, 0.3) is 10.8 Å². The van der Waals surface area contributed by atoms with Gasteiger partial charge in [-0.2, -0.15) is 18.3 Å². The third kappa shape index (κ3) is 5.55. The molecular weight excluding hydrogens is 435 g/mol. The highest BCUT2D eigenvalue weighted by Crippen LogP contribution is 2.33. The maximum atomic E-state index is 13.1. The molecule has 180 valence electrons. The number of halogens is 3. The number of carbonyl (C=O) groups is 1. The van der Waals surface area contributed by atoms with E-state index in [9.17, 15) is 23.1 Å². The monoisotopic (exact) mass is 465 g/mol. The van der Waals surface area contributed by atoms with Crippen molar-refractivity contribution >= 4 is 22.5 Å². The number of anilines is 1. The summed E-state index contributed by atoms with van der Waals surface area (Å²) in [6.45, 7) is 3.50. The van der Waals surface area contributed by atoms with Gasteiger partial charge in [0.2, 0.25) is 5.91 Å². The van der Waals surface area contributed by atoms with E-state index in [1.165, 1.54) is 12.3 Å². The zero-order valence-corrected chi connectivity index (χ0v) is 18.6. The second-order valence-corrected chi connectivity index (χ2v) is 9.11. The summed E-state index contributed by atoms with van der Waals surface area (Å²) in [5.41, 5.74) is -0.775. The maximum absolute atomic E-state index is 13.1. The highest BCUT2D eigenvalue weighted by atomic mass is 19.4. The Hall–Kier alpha value is -2.46. The lowest BCUT2D eigenvalue weighted by Gasteiger charge is -2.47. The lowest BCUT2D eigenvalue weighted by Crippen LogP contribution is -2.63. The minimum absolute atomic E-state index is 0.0636. The highest BCUT2D eigenvalue weighted by Gasteiger charge is 2.36. The molecule has 2 aromatic rings. The molecule has 0 spiro atoms. The largest absolute Gasteiger partial charge is 0.416 e. The molecule has 1 aliphatic carbocycles. The number of fused-ring (bicyclic) bond motifs is 1. The number of likely N-dealkylation sites (tertiary alicyclic amines) is 1. The van der Waals surface area contributed by atoms with Crippen LogP contribution in [0.1, 0.15) is 44.6 Å². The standard InChI is InChI=1S/C23H30F3N5O2/c1-2-20(32)14-4-7-18(8-5-14)31-12-17(13-31)29-21(33)11-27-22-19-9-16(23(24,25)26)6-3-15(19)10-28-30-22/h3,6,9-10,14,17-18,20,32H,2,4-5,7-8,11-13H2,1H3,(H,27,30)(H,29,33)/t14-,18-,20?. The highest BCUT2D eigenvalue weighted by molar-refractivity contribution is 5.93. The van der Waals surface area contributed by atoms with Gasteiger partial charge in [-0.1, -0.05) is 13.0 Å². The number of aliphatic hydroxyl groups excluding tert-OH is 1. The van der Waals surface area contributed by atoms with Crippen LogP contribution in [-0.4, -0.2) is 63.9 Å². The molecule has 1 aromatic heterocycles. The van der Waals surface area contributed by atoms with Crippen molar-refractivity contribution in [3.63, 3.8) is 0 Å². The van der Waals surface area contributed by atoms with Gasteiger partial charge in [-0.05, 0) is 50.2 Å². The number of nitrogens with zero attached hydrogens (tertiary/aromatic N) is 3. The molecular formula is C23H30F3N5O2. The molecule has 1 unspecified atom stereocenters. The molecule has 0 bridgehead atoms. The van der Waals surface area contributed by atoms with Crippen molar-refractivity contribution in [1.29, 1.82) is 0 Å². The first-order valence-corrected chi connectivity index (χ1v) is 11.5. The smallest absolute Gasteiger partial charge is 0.393 e. The third-order valence-electron chi connectivity index (χ3n) is 6.90. The van der Waals surface area contributed by atoms with Crippen LogP contribution in [0, 0.1) is 5.92 Å². The molecule has 4 rings (SSSR count). The van der Waals surface area contributed by atoms with Crippen LogP contribution < -0.4 is 10.6 Å². The number of aromatic nitrogens is 2. The number of aliphatic hydroxyl groups is 1. The zero-order chi connectivity index (χ0) is 23.6. The fourth-order valence-electron chi connectivity index (χ4n) is 4.91. The second-order valence-electron chi connectivity index (χ2n) is 9.11. The number of amides is 1. The number of hydrogen-bond acceptors (Lipinski definition) is 6. The zero-order valence-electron chi connectivity index (χ0n) is 18.6. The SMILES string of the molecule is CCC(O)[C@H]1CC[C@H](N2CC(NC(=O)CNc3nncc4ccc(C(F)(F)F)cc34)C2)CC1. The summed E-state index contributed by atoms with van der Waals surface area (Å²) in [5.74, 6) is 0.314. The van der Waals surface area contributed by atoms with E-state index in [-0.39, 0.29) is 35.8 Å². The molecule has 1 atom stereocenters. The summed E-state index contributed by atoms with van der Waals surface area (Å²) in [6.07, 6.45) is 1.76. The molecule has 2 heterocycles. The Morgan fingerprint density at radius 3 is 2.64 bits per heavy atom. The molecule has 10 heteroatoms. The first-order valence-electron chi connectivity index (χ1n) is 11.5. The van der Waals surface area contributed by atoms with E-state index in [0.29, 0.717) is 17.3 Å². The average molecular weight is 466 g/mol. The average Bonchev–Trinajstić information content (AvgIpc) is 2.78. The fourth-order valence-corrected chi connectivity index (χ4v) is 4.91. The Kier molecular flexibility index (Phi) is 7.04. The molecule has 7 nitrogen and oxygen atoms in total. The molecule has 1 amide bonds. The number of hydrogen-bond donors (Lipinski definition) is 3. The van der Waals surface area contributed by atoms with Gasteiger partial charge in [0.05, 0.1) is 30.5 Å². The Morgan fingerprint density at radius 1 is 1.24 bits per heavy atom. The molecule has 2 fully saturated rings.